The minimum Gasteiger partial charge on any atom is -0.490 e. The number of hydrogen-bond donors (Lipinski definition) is 2. The predicted octanol–water partition coefficient (Wildman–Crippen LogP) is 2.76. The van der Waals surface area contributed by atoms with Crippen LogP contribution in [-0.2, 0) is 4.79 Å². The maximum atomic E-state index is 12.1. The van der Waals surface area contributed by atoms with Crippen LogP contribution in [0.2, 0.25) is 0 Å². The summed E-state index contributed by atoms with van der Waals surface area (Å²) in [5.74, 6) is 0.114. The topological polar surface area (TPSA) is 58.6 Å². The molecule has 1 amide bonds. The van der Waals surface area contributed by atoms with E-state index in [0.717, 1.165) is 5.56 Å². The third kappa shape index (κ3) is 4.33. The van der Waals surface area contributed by atoms with Crippen molar-refractivity contribution in [3.63, 3.8) is 0 Å². The van der Waals surface area contributed by atoms with Gasteiger partial charge in [0.05, 0.1) is 0 Å². The van der Waals surface area contributed by atoms with E-state index in [1.165, 1.54) is 6.92 Å². The summed E-state index contributed by atoms with van der Waals surface area (Å²) < 4.78 is 5.44. The molecule has 4 heteroatoms. The molecule has 0 aliphatic rings. The van der Waals surface area contributed by atoms with Crippen LogP contribution < -0.4 is 10.1 Å². The summed E-state index contributed by atoms with van der Waals surface area (Å²) in [7, 11) is 0. The van der Waals surface area contributed by atoms with Gasteiger partial charge >= 0.3 is 0 Å². The first-order valence-electron chi connectivity index (χ1n) is 6.76. The number of aryl methyl sites for hydroxylation is 1. The van der Waals surface area contributed by atoms with Crippen molar-refractivity contribution >= 4 is 11.6 Å². The van der Waals surface area contributed by atoms with E-state index in [1.54, 1.807) is 24.3 Å². The fourth-order valence-electron chi connectivity index (χ4n) is 1.71. The largest absolute Gasteiger partial charge is 0.490 e. The number of anilines is 1. The number of benzene rings is 2. The molecule has 2 aromatic rings. The second-order valence-electron chi connectivity index (χ2n) is 5.20. The van der Waals surface area contributed by atoms with Crippen LogP contribution in [0.3, 0.4) is 0 Å². The molecule has 0 saturated carbocycles. The number of para-hydroxylation sites is 1. The molecule has 2 rings (SSSR count). The van der Waals surface area contributed by atoms with Crippen molar-refractivity contribution in [2.45, 2.75) is 19.4 Å². The molecule has 0 aliphatic heterocycles. The van der Waals surface area contributed by atoms with Gasteiger partial charge in [-0.15, -0.1) is 0 Å². The molecule has 0 unspecified atom stereocenters. The van der Waals surface area contributed by atoms with Crippen molar-refractivity contribution in [3.8, 4) is 5.75 Å². The highest BCUT2D eigenvalue weighted by Gasteiger charge is 2.31. The lowest BCUT2D eigenvalue weighted by molar-refractivity contribution is -0.135. The molecular formula is C17H19NO3. The van der Waals surface area contributed by atoms with Gasteiger partial charge in [0.2, 0.25) is 0 Å². The van der Waals surface area contributed by atoms with E-state index in [0.29, 0.717) is 11.4 Å². The van der Waals surface area contributed by atoms with Gasteiger partial charge in [0.15, 0.2) is 5.60 Å². The van der Waals surface area contributed by atoms with Crippen LogP contribution in [0.1, 0.15) is 12.5 Å². The van der Waals surface area contributed by atoms with E-state index >= 15 is 0 Å². The van der Waals surface area contributed by atoms with Gasteiger partial charge in [-0.3, -0.25) is 4.79 Å². The van der Waals surface area contributed by atoms with Gasteiger partial charge in [0.1, 0.15) is 12.4 Å². The highest BCUT2D eigenvalue weighted by molar-refractivity contribution is 5.96. The van der Waals surface area contributed by atoms with Crippen LogP contribution in [0, 0.1) is 6.92 Å². The van der Waals surface area contributed by atoms with Crippen LogP contribution in [0.25, 0.3) is 0 Å². The maximum absolute atomic E-state index is 12.1. The normalized spacial score (nSPS) is 13.3. The Hall–Kier alpha value is -2.33. The third-order valence-corrected chi connectivity index (χ3v) is 3.06. The Morgan fingerprint density at radius 2 is 1.76 bits per heavy atom. The SMILES string of the molecule is Cc1ccc(NC(=O)[C@@](C)(O)COc2ccccc2)cc1. The molecule has 0 aromatic heterocycles. The Balaban J connectivity index is 1.95. The molecule has 0 heterocycles. The van der Waals surface area contributed by atoms with Crippen LogP contribution in [0.4, 0.5) is 5.69 Å². The average Bonchev–Trinajstić information content (AvgIpc) is 2.48. The molecule has 0 spiro atoms. The van der Waals surface area contributed by atoms with Crippen LogP contribution in [0.5, 0.6) is 5.75 Å². The van der Waals surface area contributed by atoms with E-state index in [4.69, 9.17) is 4.74 Å². The number of rotatable bonds is 5. The van der Waals surface area contributed by atoms with E-state index in [9.17, 15) is 9.90 Å². The predicted molar refractivity (Wildman–Crippen MR) is 82.4 cm³/mol. The summed E-state index contributed by atoms with van der Waals surface area (Å²) >= 11 is 0. The summed E-state index contributed by atoms with van der Waals surface area (Å²) in [4.78, 5) is 12.1. The molecule has 0 aliphatic carbocycles. The zero-order chi connectivity index (χ0) is 15.3. The Morgan fingerprint density at radius 3 is 2.38 bits per heavy atom. The molecule has 21 heavy (non-hydrogen) atoms. The minimum absolute atomic E-state index is 0.116. The summed E-state index contributed by atoms with van der Waals surface area (Å²) in [5, 5.41) is 12.9. The first kappa shape index (κ1) is 15.1. The quantitative estimate of drug-likeness (QED) is 0.888. The monoisotopic (exact) mass is 285 g/mol. The lowest BCUT2D eigenvalue weighted by Gasteiger charge is -2.22. The summed E-state index contributed by atoms with van der Waals surface area (Å²) in [6.07, 6.45) is 0. The molecule has 1 atom stereocenters. The Kier molecular flexibility index (Phi) is 4.60. The van der Waals surface area contributed by atoms with Gasteiger partial charge in [-0.05, 0) is 38.1 Å². The maximum Gasteiger partial charge on any atom is 0.259 e. The van der Waals surface area contributed by atoms with E-state index in [2.05, 4.69) is 5.32 Å². The lowest BCUT2D eigenvalue weighted by Crippen LogP contribution is -2.45. The molecule has 4 nitrogen and oxygen atoms in total. The zero-order valence-corrected chi connectivity index (χ0v) is 12.2. The van der Waals surface area contributed by atoms with Gasteiger partial charge in [-0.2, -0.15) is 0 Å². The smallest absolute Gasteiger partial charge is 0.259 e. The van der Waals surface area contributed by atoms with Crippen molar-refractivity contribution in [1.29, 1.82) is 0 Å². The second kappa shape index (κ2) is 6.41. The highest BCUT2D eigenvalue weighted by Crippen LogP contribution is 2.15. The lowest BCUT2D eigenvalue weighted by atomic mass is 10.1. The fraction of sp³-hybridized carbons (Fsp3) is 0.235. The molecular weight excluding hydrogens is 266 g/mol. The number of carbonyl (C=O) groups is 1. The zero-order valence-electron chi connectivity index (χ0n) is 12.2. The molecule has 0 bridgehead atoms. The highest BCUT2D eigenvalue weighted by atomic mass is 16.5. The standard InChI is InChI=1S/C17H19NO3/c1-13-8-10-14(11-9-13)18-16(19)17(2,20)12-21-15-6-4-3-5-7-15/h3-11,20H,12H2,1-2H3,(H,18,19)/t17-/m0/s1. The van der Waals surface area contributed by atoms with Crippen molar-refractivity contribution in [1.82, 2.24) is 0 Å². The molecule has 2 aromatic carbocycles. The Labute approximate surface area is 124 Å². The van der Waals surface area contributed by atoms with Gasteiger partial charge in [-0.1, -0.05) is 35.9 Å². The average molecular weight is 285 g/mol. The third-order valence-electron chi connectivity index (χ3n) is 3.06. The number of hydrogen-bond acceptors (Lipinski definition) is 3. The Bertz CT molecular complexity index is 591. The van der Waals surface area contributed by atoms with Crippen molar-refractivity contribution in [2.75, 3.05) is 11.9 Å². The molecule has 0 fully saturated rings. The van der Waals surface area contributed by atoms with Gasteiger partial charge in [0.25, 0.3) is 5.91 Å². The Morgan fingerprint density at radius 1 is 1.14 bits per heavy atom. The van der Waals surface area contributed by atoms with E-state index in [1.807, 2.05) is 37.3 Å². The van der Waals surface area contributed by atoms with Crippen LogP contribution in [0.15, 0.2) is 54.6 Å². The fourth-order valence-corrected chi connectivity index (χ4v) is 1.71. The molecule has 110 valence electrons. The van der Waals surface area contributed by atoms with Gasteiger partial charge < -0.3 is 15.2 Å². The molecule has 0 saturated heterocycles. The number of nitrogens with one attached hydrogen (secondary N) is 1. The van der Waals surface area contributed by atoms with Crippen molar-refractivity contribution in [2.24, 2.45) is 0 Å². The van der Waals surface area contributed by atoms with Crippen LogP contribution >= 0.6 is 0 Å². The number of carbonyl (C=O) groups excluding carboxylic acids is 1. The summed E-state index contributed by atoms with van der Waals surface area (Å²) in [5.41, 5.74) is 0.138. The van der Waals surface area contributed by atoms with E-state index < -0.39 is 11.5 Å². The van der Waals surface area contributed by atoms with Gasteiger partial charge in [-0.25, -0.2) is 0 Å². The molecule has 0 radical (unpaired) electrons. The molecule has 2 N–H and O–H groups in total. The minimum atomic E-state index is -1.61. The van der Waals surface area contributed by atoms with Crippen LogP contribution in [-0.4, -0.2) is 23.2 Å². The number of aliphatic hydroxyl groups is 1. The van der Waals surface area contributed by atoms with Gasteiger partial charge in [0, 0.05) is 5.69 Å². The van der Waals surface area contributed by atoms with Crippen molar-refractivity contribution in [3.05, 3.63) is 60.2 Å². The number of amides is 1. The van der Waals surface area contributed by atoms with E-state index in [-0.39, 0.29) is 6.61 Å². The summed E-state index contributed by atoms with van der Waals surface area (Å²) in [6.45, 7) is 3.28. The second-order valence-corrected chi connectivity index (χ2v) is 5.20. The van der Waals surface area contributed by atoms with Crippen molar-refractivity contribution < 1.29 is 14.6 Å². The first-order chi connectivity index (χ1) is 9.97. The number of ether oxygens (including phenoxy) is 1. The summed E-state index contributed by atoms with van der Waals surface area (Å²) in [6, 6.07) is 16.4. The first-order valence-corrected chi connectivity index (χ1v) is 6.76.